The van der Waals surface area contributed by atoms with Gasteiger partial charge in [-0.15, -0.1) is 0 Å². The van der Waals surface area contributed by atoms with Crippen LogP contribution in [0, 0.1) is 11.3 Å². The third kappa shape index (κ3) is 4.33. The summed E-state index contributed by atoms with van der Waals surface area (Å²) in [7, 11) is 1.59. The van der Waals surface area contributed by atoms with Crippen LogP contribution >= 0.6 is 0 Å². The molecule has 0 unspecified atom stereocenters. The van der Waals surface area contributed by atoms with Gasteiger partial charge in [0, 0.05) is 45.3 Å². The molecule has 1 aliphatic rings. The third-order valence-corrected chi connectivity index (χ3v) is 3.67. The molecule has 1 fully saturated rings. The first kappa shape index (κ1) is 16.0. The number of amides is 2. The molecule has 7 heteroatoms. The van der Waals surface area contributed by atoms with Crippen molar-refractivity contribution in [3.63, 3.8) is 0 Å². The fourth-order valence-corrected chi connectivity index (χ4v) is 2.40. The smallest absolute Gasteiger partial charge is 0.317 e. The van der Waals surface area contributed by atoms with E-state index in [2.05, 4.69) is 21.3 Å². The number of urea groups is 1. The van der Waals surface area contributed by atoms with Crippen LogP contribution in [0.15, 0.2) is 18.3 Å². The molecule has 2 amide bonds. The topological polar surface area (TPSA) is 81.5 Å². The van der Waals surface area contributed by atoms with Crippen molar-refractivity contribution in [1.82, 2.24) is 20.1 Å². The quantitative estimate of drug-likeness (QED) is 0.871. The highest BCUT2D eigenvalue weighted by Crippen LogP contribution is 2.14. The van der Waals surface area contributed by atoms with Gasteiger partial charge in [-0.1, -0.05) is 0 Å². The van der Waals surface area contributed by atoms with Crippen LogP contribution < -0.4 is 10.1 Å². The van der Waals surface area contributed by atoms with E-state index in [4.69, 9.17) is 10.00 Å². The number of rotatable bonds is 5. The standard InChI is InChI=1S/C15H21N5O2/c1-22-14-4-2-6-17-13(14)12-18-15(21)20-10-8-19(9-11-20)7-3-5-16/h2,4,6H,3,7-12H2,1H3,(H,18,21). The predicted octanol–water partition coefficient (Wildman–Crippen LogP) is 0.831. The highest BCUT2D eigenvalue weighted by molar-refractivity contribution is 5.74. The molecule has 118 valence electrons. The summed E-state index contributed by atoms with van der Waals surface area (Å²) >= 11 is 0. The number of nitrogens with zero attached hydrogens (tertiary/aromatic N) is 4. The summed E-state index contributed by atoms with van der Waals surface area (Å²) in [5.74, 6) is 0.670. The molecule has 7 nitrogen and oxygen atoms in total. The molecular weight excluding hydrogens is 282 g/mol. The Kier molecular flexibility index (Phi) is 5.98. The molecule has 2 heterocycles. The largest absolute Gasteiger partial charge is 0.495 e. The number of nitrogens with one attached hydrogen (secondary N) is 1. The highest BCUT2D eigenvalue weighted by Gasteiger charge is 2.20. The molecule has 2 rings (SSSR count). The number of methoxy groups -OCH3 is 1. The lowest BCUT2D eigenvalue weighted by molar-refractivity contribution is 0.140. The van der Waals surface area contributed by atoms with Crippen molar-refractivity contribution in [2.24, 2.45) is 0 Å². The molecular formula is C15H21N5O2. The second kappa shape index (κ2) is 8.20. The summed E-state index contributed by atoms with van der Waals surface area (Å²) in [5, 5.41) is 11.5. The summed E-state index contributed by atoms with van der Waals surface area (Å²) in [5.41, 5.74) is 0.714. The van der Waals surface area contributed by atoms with Crippen molar-refractivity contribution in [3.05, 3.63) is 24.0 Å². The molecule has 1 N–H and O–H groups in total. The summed E-state index contributed by atoms with van der Waals surface area (Å²) in [6.07, 6.45) is 2.21. The number of hydrogen-bond acceptors (Lipinski definition) is 5. The maximum atomic E-state index is 12.2. The average molecular weight is 303 g/mol. The molecule has 1 aromatic heterocycles. The number of ether oxygens (including phenoxy) is 1. The van der Waals surface area contributed by atoms with E-state index >= 15 is 0 Å². The Morgan fingerprint density at radius 1 is 1.45 bits per heavy atom. The van der Waals surface area contributed by atoms with Crippen LogP contribution in [0.1, 0.15) is 12.1 Å². The molecule has 22 heavy (non-hydrogen) atoms. The number of aromatic nitrogens is 1. The Balaban J connectivity index is 1.78. The number of pyridine rings is 1. The zero-order chi connectivity index (χ0) is 15.8. The third-order valence-electron chi connectivity index (χ3n) is 3.67. The van der Waals surface area contributed by atoms with Crippen LogP contribution in [0.5, 0.6) is 5.75 Å². The van der Waals surface area contributed by atoms with Gasteiger partial charge in [0.25, 0.3) is 0 Å². The van der Waals surface area contributed by atoms with E-state index in [0.717, 1.165) is 19.6 Å². The van der Waals surface area contributed by atoms with Crippen LogP contribution in [0.25, 0.3) is 0 Å². The fraction of sp³-hybridized carbons (Fsp3) is 0.533. The van der Waals surface area contributed by atoms with Gasteiger partial charge in [0.1, 0.15) is 11.4 Å². The monoisotopic (exact) mass is 303 g/mol. The van der Waals surface area contributed by atoms with Gasteiger partial charge in [0.05, 0.1) is 19.7 Å². The van der Waals surface area contributed by atoms with Crippen LogP contribution in [-0.4, -0.2) is 60.6 Å². The van der Waals surface area contributed by atoms with E-state index < -0.39 is 0 Å². The molecule has 0 aromatic carbocycles. The molecule has 0 radical (unpaired) electrons. The van der Waals surface area contributed by atoms with E-state index in [1.165, 1.54) is 0 Å². The first-order valence-corrected chi connectivity index (χ1v) is 7.34. The van der Waals surface area contributed by atoms with Gasteiger partial charge < -0.3 is 15.0 Å². The number of nitriles is 1. The van der Waals surface area contributed by atoms with Crippen LogP contribution in [0.2, 0.25) is 0 Å². The van der Waals surface area contributed by atoms with Crippen molar-refractivity contribution in [2.75, 3.05) is 39.8 Å². The van der Waals surface area contributed by atoms with Crippen molar-refractivity contribution >= 4 is 6.03 Å². The predicted molar refractivity (Wildman–Crippen MR) is 81.3 cm³/mol. The number of piperazine rings is 1. The molecule has 0 spiro atoms. The second-order valence-corrected chi connectivity index (χ2v) is 5.05. The van der Waals surface area contributed by atoms with Gasteiger partial charge in [-0.3, -0.25) is 9.88 Å². The molecule has 1 aliphatic heterocycles. The van der Waals surface area contributed by atoms with E-state index in [-0.39, 0.29) is 6.03 Å². The Hall–Kier alpha value is -2.33. The molecule has 1 aromatic rings. The minimum atomic E-state index is -0.0901. The number of carbonyl (C=O) groups excluding carboxylic acids is 1. The molecule has 0 saturated carbocycles. The summed E-state index contributed by atoms with van der Waals surface area (Å²) in [4.78, 5) is 20.4. The lowest BCUT2D eigenvalue weighted by atomic mass is 10.3. The Morgan fingerprint density at radius 2 is 2.23 bits per heavy atom. The molecule has 0 bridgehead atoms. The van der Waals surface area contributed by atoms with Crippen LogP contribution in [-0.2, 0) is 6.54 Å². The Labute approximate surface area is 130 Å². The summed E-state index contributed by atoms with van der Waals surface area (Å²) in [6, 6.07) is 5.67. The fourth-order valence-electron chi connectivity index (χ4n) is 2.40. The second-order valence-electron chi connectivity index (χ2n) is 5.05. The highest BCUT2D eigenvalue weighted by atomic mass is 16.5. The summed E-state index contributed by atoms with van der Waals surface area (Å²) in [6.45, 7) is 4.09. The molecule has 0 atom stereocenters. The van der Waals surface area contributed by atoms with E-state index in [0.29, 0.717) is 37.5 Å². The molecule has 1 saturated heterocycles. The van der Waals surface area contributed by atoms with Gasteiger partial charge in [-0.25, -0.2) is 4.79 Å². The lowest BCUT2D eigenvalue weighted by Gasteiger charge is -2.34. The van der Waals surface area contributed by atoms with Crippen molar-refractivity contribution in [2.45, 2.75) is 13.0 Å². The minimum Gasteiger partial charge on any atom is -0.495 e. The SMILES string of the molecule is COc1cccnc1CNC(=O)N1CCN(CCC#N)CC1. The van der Waals surface area contributed by atoms with E-state index in [1.54, 1.807) is 24.3 Å². The van der Waals surface area contributed by atoms with Crippen LogP contribution in [0.3, 0.4) is 0 Å². The van der Waals surface area contributed by atoms with Gasteiger partial charge in [0.15, 0.2) is 0 Å². The Bertz CT molecular complexity index is 535. The van der Waals surface area contributed by atoms with Crippen molar-refractivity contribution in [1.29, 1.82) is 5.26 Å². The van der Waals surface area contributed by atoms with Gasteiger partial charge in [-0.05, 0) is 12.1 Å². The number of carbonyl (C=O) groups is 1. The van der Waals surface area contributed by atoms with Gasteiger partial charge >= 0.3 is 6.03 Å². The zero-order valence-corrected chi connectivity index (χ0v) is 12.8. The first-order chi connectivity index (χ1) is 10.7. The average Bonchev–Trinajstić information content (AvgIpc) is 2.58. The van der Waals surface area contributed by atoms with E-state index in [1.807, 2.05) is 6.07 Å². The van der Waals surface area contributed by atoms with Crippen LogP contribution in [0.4, 0.5) is 4.79 Å². The number of hydrogen-bond donors (Lipinski definition) is 1. The maximum absolute atomic E-state index is 12.2. The zero-order valence-electron chi connectivity index (χ0n) is 12.8. The maximum Gasteiger partial charge on any atom is 0.317 e. The normalized spacial score (nSPS) is 15.2. The van der Waals surface area contributed by atoms with Crippen molar-refractivity contribution < 1.29 is 9.53 Å². The lowest BCUT2D eigenvalue weighted by Crippen LogP contribution is -2.51. The minimum absolute atomic E-state index is 0.0901. The summed E-state index contributed by atoms with van der Waals surface area (Å²) < 4.78 is 5.21. The van der Waals surface area contributed by atoms with Crippen molar-refractivity contribution in [3.8, 4) is 11.8 Å². The van der Waals surface area contributed by atoms with Gasteiger partial charge in [-0.2, -0.15) is 5.26 Å². The molecule has 0 aliphatic carbocycles. The van der Waals surface area contributed by atoms with E-state index in [9.17, 15) is 4.79 Å². The first-order valence-electron chi connectivity index (χ1n) is 7.34. The van der Waals surface area contributed by atoms with Gasteiger partial charge in [0.2, 0.25) is 0 Å². The Morgan fingerprint density at radius 3 is 2.91 bits per heavy atom.